The number of anilines is 1. The van der Waals surface area contributed by atoms with Gasteiger partial charge in [-0.25, -0.2) is 8.78 Å². The van der Waals surface area contributed by atoms with E-state index in [1.54, 1.807) is 24.3 Å². The molecule has 1 aromatic heterocycles. The molecule has 0 bridgehead atoms. The quantitative estimate of drug-likeness (QED) is 0.307. The van der Waals surface area contributed by atoms with Crippen LogP contribution in [0, 0.1) is 17.6 Å². The van der Waals surface area contributed by atoms with Crippen LogP contribution in [-0.2, 0) is 17.8 Å². The van der Waals surface area contributed by atoms with Gasteiger partial charge in [-0.15, -0.1) is 0 Å². The Balaban J connectivity index is 1.19. The normalized spacial score (nSPS) is 16.5. The number of benzene rings is 3. The van der Waals surface area contributed by atoms with Crippen molar-refractivity contribution in [1.29, 1.82) is 0 Å². The van der Waals surface area contributed by atoms with Crippen molar-refractivity contribution in [2.24, 2.45) is 5.92 Å². The highest BCUT2D eigenvalue weighted by Crippen LogP contribution is 2.41. The summed E-state index contributed by atoms with van der Waals surface area (Å²) in [6, 6.07) is 20.5. The molecule has 8 heteroatoms. The lowest BCUT2D eigenvalue weighted by molar-refractivity contribution is -0.134. The van der Waals surface area contributed by atoms with Crippen molar-refractivity contribution in [1.82, 2.24) is 4.90 Å². The first-order valence-corrected chi connectivity index (χ1v) is 12.9. The third kappa shape index (κ3) is 5.41. The van der Waals surface area contributed by atoms with Crippen LogP contribution in [0.25, 0.3) is 0 Å². The number of hydrogen-bond acceptors (Lipinski definition) is 4. The van der Waals surface area contributed by atoms with Gasteiger partial charge in [0.25, 0.3) is 5.91 Å². The Labute approximate surface area is 224 Å². The molecule has 6 rings (SSSR count). The lowest BCUT2D eigenvalue weighted by Gasteiger charge is -2.38. The van der Waals surface area contributed by atoms with Gasteiger partial charge in [-0.1, -0.05) is 18.2 Å². The standard InChI is InChI=1S/C31H26F2N2O4/c32-22-6-3-20(4-7-22)29-27-17-25(12-5-19(27)15-16-35(29)31(37)21-1-2-21)38-18-26-13-14-28(39-26)30(36)34-24-10-8-23(33)9-11-24/h3-14,17,21,29H,1-2,15-16,18H2,(H,34,36). The fourth-order valence-corrected chi connectivity index (χ4v) is 4.95. The van der Waals surface area contributed by atoms with Crippen molar-refractivity contribution >= 4 is 17.5 Å². The van der Waals surface area contributed by atoms with Gasteiger partial charge >= 0.3 is 0 Å². The molecule has 3 aromatic carbocycles. The van der Waals surface area contributed by atoms with Crippen molar-refractivity contribution in [3.63, 3.8) is 0 Å². The highest BCUT2D eigenvalue weighted by atomic mass is 19.1. The van der Waals surface area contributed by atoms with Gasteiger partial charge < -0.3 is 19.4 Å². The molecule has 1 atom stereocenters. The zero-order chi connectivity index (χ0) is 26.9. The lowest BCUT2D eigenvalue weighted by atomic mass is 9.87. The number of furan rings is 1. The molecule has 2 heterocycles. The van der Waals surface area contributed by atoms with Crippen LogP contribution in [0.3, 0.4) is 0 Å². The van der Waals surface area contributed by atoms with E-state index in [1.807, 2.05) is 23.1 Å². The Morgan fingerprint density at radius 3 is 2.36 bits per heavy atom. The summed E-state index contributed by atoms with van der Waals surface area (Å²) in [5, 5.41) is 2.66. The van der Waals surface area contributed by atoms with Crippen LogP contribution < -0.4 is 10.1 Å². The van der Waals surface area contributed by atoms with E-state index in [0.717, 1.165) is 36.0 Å². The van der Waals surface area contributed by atoms with E-state index in [0.29, 0.717) is 23.7 Å². The SMILES string of the molecule is O=C(Nc1ccc(F)cc1)c1ccc(COc2ccc3c(c2)C(c2ccc(F)cc2)N(C(=O)C2CC2)CC3)o1. The van der Waals surface area contributed by atoms with Gasteiger partial charge in [-0.2, -0.15) is 0 Å². The molecule has 2 aliphatic rings. The second-order valence-corrected chi connectivity index (χ2v) is 9.89. The first kappa shape index (κ1) is 24.9. The number of carbonyl (C=O) groups excluding carboxylic acids is 2. The van der Waals surface area contributed by atoms with Crippen LogP contribution in [0.5, 0.6) is 5.75 Å². The third-order valence-corrected chi connectivity index (χ3v) is 7.11. The number of amides is 2. The number of ether oxygens (including phenoxy) is 1. The maximum atomic E-state index is 13.7. The minimum absolute atomic E-state index is 0.0716. The first-order valence-electron chi connectivity index (χ1n) is 12.9. The average Bonchev–Trinajstić information content (AvgIpc) is 3.69. The number of fused-ring (bicyclic) bond motifs is 1. The number of rotatable bonds is 7. The maximum Gasteiger partial charge on any atom is 0.291 e. The highest BCUT2D eigenvalue weighted by molar-refractivity contribution is 6.02. The largest absolute Gasteiger partial charge is 0.486 e. The molecule has 198 valence electrons. The summed E-state index contributed by atoms with van der Waals surface area (Å²) in [5.74, 6) is 0.201. The van der Waals surface area contributed by atoms with E-state index in [9.17, 15) is 18.4 Å². The summed E-state index contributed by atoms with van der Waals surface area (Å²) in [7, 11) is 0. The van der Waals surface area contributed by atoms with E-state index >= 15 is 0 Å². The lowest BCUT2D eigenvalue weighted by Crippen LogP contribution is -2.41. The van der Waals surface area contributed by atoms with Gasteiger partial charge in [0, 0.05) is 18.2 Å². The second-order valence-electron chi connectivity index (χ2n) is 9.89. The molecule has 2 amide bonds. The molecule has 39 heavy (non-hydrogen) atoms. The molecule has 0 spiro atoms. The molecule has 6 nitrogen and oxygen atoms in total. The van der Waals surface area contributed by atoms with Crippen LogP contribution in [-0.4, -0.2) is 23.3 Å². The number of carbonyl (C=O) groups is 2. The first-order chi connectivity index (χ1) is 18.9. The zero-order valence-corrected chi connectivity index (χ0v) is 21.0. The predicted octanol–water partition coefficient (Wildman–Crippen LogP) is 6.27. The molecule has 1 aliphatic carbocycles. The summed E-state index contributed by atoms with van der Waals surface area (Å²) in [5.41, 5.74) is 3.38. The van der Waals surface area contributed by atoms with Crippen molar-refractivity contribution in [2.45, 2.75) is 31.9 Å². The second kappa shape index (κ2) is 10.4. The van der Waals surface area contributed by atoms with E-state index < -0.39 is 5.91 Å². The topological polar surface area (TPSA) is 71.8 Å². The zero-order valence-electron chi connectivity index (χ0n) is 21.0. The number of nitrogens with zero attached hydrogens (tertiary/aromatic N) is 1. The molecule has 1 fully saturated rings. The van der Waals surface area contributed by atoms with E-state index in [2.05, 4.69) is 5.32 Å². The van der Waals surface area contributed by atoms with Crippen molar-refractivity contribution < 1.29 is 27.5 Å². The summed E-state index contributed by atoms with van der Waals surface area (Å²) in [6.45, 7) is 0.703. The Hall–Kier alpha value is -4.46. The fourth-order valence-electron chi connectivity index (χ4n) is 4.95. The summed E-state index contributed by atoms with van der Waals surface area (Å²) < 4.78 is 38.5. The van der Waals surface area contributed by atoms with Gasteiger partial charge in [-0.05, 0) is 96.6 Å². The van der Waals surface area contributed by atoms with Crippen LogP contribution in [0.1, 0.15) is 51.9 Å². The number of nitrogens with one attached hydrogen (secondary N) is 1. The maximum absolute atomic E-state index is 13.7. The molecule has 0 saturated heterocycles. The minimum Gasteiger partial charge on any atom is -0.486 e. The molecule has 0 radical (unpaired) electrons. The molecular weight excluding hydrogens is 502 g/mol. The smallest absolute Gasteiger partial charge is 0.291 e. The van der Waals surface area contributed by atoms with Gasteiger partial charge in [0.05, 0.1) is 6.04 Å². The van der Waals surface area contributed by atoms with Crippen LogP contribution >= 0.6 is 0 Å². The van der Waals surface area contributed by atoms with Crippen LogP contribution in [0.15, 0.2) is 83.3 Å². The monoisotopic (exact) mass is 528 g/mol. The third-order valence-electron chi connectivity index (χ3n) is 7.11. The number of hydrogen-bond donors (Lipinski definition) is 1. The molecule has 1 aliphatic heterocycles. The van der Waals surface area contributed by atoms with Gasteiger partial charge in [0.1, 0.15) is 29.8 Å². The van der Waals surface area contributed by atoms with Gasteiger partial charge in [-0.3, -0.25) is 9.59 Å². The van der Waals surface area contributed by atoms with Crippen molar-refractivity contribution in [3.05, 3.63) is 119 Å². The summed E-state index contributed by atoms with van der Waals surface area (Å²) in [6.07, 6.45) is 2.56. The highest BCUT2D eigenvalue weighted by Gasteiger charge is 2.39. The Morgan fingerprint density at radius 1 is 0.923 bits per heavy atom. The Kier molecular flexibility index (Phi) is 6.60. The van der Waals surface area contributed by atoms with Crippen LogP contribution in [0.4, 0.5) is 14.5 Å². The van der Waals surface area contributed by atoms with Gasteiger partial charge in [0.2, 0.25) is 5.91 Å². The van der Waals surface area contributed by atoms with E-state index in [1.165, 1.54) is 36.4 Å². The molecular formula is C31H26F2N2O4. The Morgan fingerprint density at radius 2 is 1.64 bits per heavy atom. The van der Waals surface area contributed by atoms with Crippen molar-refractivity contribution in [2.75, 3.05) is 11.9 Å². The van der Waals surface area contributed by atoms with E-state index in [4.69, 9.17) is 9.15 Å². The van der Waals surface area contributed by atoms with Gasteiger partial charge in [0.15, 0.2) is 5.76 Å². The van der Waals surface area contributed by atoms with Crippen LogP contribution in [0.2, 0.25) is 0 Å². The molecule has 1 saturated carbocycles. The summed E-state index contributed by atoms with van der Waals surface area (Å²) in [4.78, 5) is 27.6. The van der Waals surface area contributed by atoms with Crippen molar-refractivity contribution in [3.8, 4) is 5.75 Å². The van der Waals surface area contributed by atoms with E-state index in [-0.39, 0.29) is 41.9 Å². The average molecular weight is 529 g/mol. The Bertz CT molecular complexity index is 1510. The molecule has 1 N–H and O–H groups in total. The minimum atomic E-state index is -0.454. The molecule has 4 aromatic rings. The predicted molar refractivity (Wildman–Crippen MR) is 140 cm³/mol. The summed E-state index contributed by atoms with van der Waals surface area (Å²) >= 11 is 0. The molecule has 1 unspecified atom stereocenters. The fraction of sp³-hybridized carbons (Fsp3) is 0.226. The number of halogens is 2.